The molecule has 6 heteroatoms. The Hall–Kier alpha value is -2.24. The van der Waals surface area contributed by atoms with Gasteiger partial charge in [0.25, 0.3) is 0 Å². The molecule has 1 saturated heterocycles. The minimum atomic E-state index is 0.563. The summed E-state index contributed by atoms with van der Waals surface area (Å²) < 4.78 is 0. The van der Waals surface area contributed by atoms with Gasteiger partial charge in [0.05, 0.1) is 0 Å². The average molecular weight is 324 g/mol. The van der Waals surface area contributed by atoms with Crippen LogP contribution in [-0.2, 0) is 0 Å². The van der Waals surface area contributed by atoms with Gasteiger partial charge in [-0.1, -0.05) is 0 Å². The molecular formula is C18H24N6. The summed E-state index contributed by atoms with van der Waals surface area (Å²) in [6, 6.07) is 5.37. The zero-order chi connectivity index (χ0) is 16.5. The third kappa shape index (κ3) is 3.18. The highest BCUT2D eigenvalue weighted by Gasteiger charge is 2.36. The first-order valence-corrected chi connectivity index (χ1v) is 8.82. The van der Waals surface area contributed by atoms with Crippen LogP contribution in [0.15, 0.2) is 24.7 Å². The highest BCUT2D eigenvalue weighted by molar-refractivity contribution is 5.44. The molecule has 3 heterocycles. The summed E-state index contributed by atoms with van der Waals surface area (Å²) in [4.78, 5) is 22.5. The first-order chi connectivity index (χ1) is 11.7. The largest absolute Gasteiger partial charge is 0.356 e. The van der Waals surface area contributed by atoms with Crippen molar-refractivity contribution in [1.29, 1.82) is 0 Å². The molecule has 2 fully saturated rings. The van der Waals surface area contributed by atoms with E-state index in [1.165, 1.54) is 12.8 Å². The Morgan fingerprint density at radius 1 is 1.04 bits per heavy atom. The maximum Gasteiger partial charge on any atom is 0.132 e. The van der Waals surface area contributed by atoms with Crippen LogP contribution in [0.2, 0.25) is 0 Å². The number of piperidine rings is 1. The Labute approximate surface area is 143 Å². The normalized spacial score (nSPS) is 18.7. The van der Waals surface area contributed by atoms with Crippen LogP contribution in [0, 0.1) is 13.8 Å². The molecule has 126 valence electrons. The van der Waals surface area contributed by atoms with Gasteiger partial charge < -0.3 is 9.80 Å². The van der Waals surface area contributed by atoms with Gasteiger partial charge in [-0.25, -0.2) is 19.9 Å². The van der Waals surface area contributed by atoms with Crippen molar-refractivity contribution in [2.24, 2.45) is 0 Å². The Kier molecular flexibility index (Phi) is 4.04. The third-order valence-corrected chi connectivity index (χ3v) is 4.91. The molecule has 2 aromatic rings. The Bertz CT molecular complexity index is 672. The van der Waals surface area contributed by atoms with Gasteiger partial charge in [0.2, 0.25) is 0 Å². The second-order valence-corrected chi connectivity index (χ2v) is 6.84. The molecule has 0 N–H and O–H groups in total. The molecule has 0 unspecified atom stereocenters. The van der Waals surface area contributed by atoms with Gasteiger partial charge >= 0.3 is 0 Å². The number of aryl methyl sites for hydroxylation is 2. The predicted octanol–water partition coefficient (Wildman–Crippen LogP) is 2.52. The van der Waals surface area contributed by atoms with Gasteiger partial charge in [0.15, 0.2) is 0 Å². The summed E-state index contributed by atoms with van der Waals surface area (Å²) in [5.74, 6) is 3.01. The van der Waals surface area contributed by atoms with E-state index in [4.69, 9.17) is 0 Å². The van der Waals surface area contributed by atoms with Crippen molar-refractivity contribution >= 4 is 11.6 Å². The number of hydrogen-bond donors (Lipinski definition) is 0. The van der Waals surface area contributed by atoms with Crippen LogP contribution in [0.5, 0.6) is 0 Å². The van der Waals surface area contributed by atoms with E-state index in [1.54, 1.807) is 6.33 Å². The molecule has 0 amide bonds. The van der Waals surface area contributed by atoms with E-state index in [1.807, 2.05) is 26.1 Å². The van der Waals surface area contributed by atoms with E-state index in [9.17, 15) is 0 Å². The number of rotatable bonds is 4. The molecule has 0 spiro atoms. The fourth-order valence-corrected chi connectivity index (χ4v) is 3.69. The predicted molar refractivity (Wildman–Crippen MR) is 94.3 cm³/mol. The minimum Gasteiger partial charge on any atom is -0.356 e. The monoisotopic (exact) mass is 324 g/mol. The molecule has 1 saturated carbocycles. The van der Waals surface area contributed by atoms with Crippen molar-refractivity contribution in [2.45, 2.75) is 51.6 Å². The van der Waals surface area contributed by atoms with Gasteiger partial charge in [-0.15, -0.1) is 0 Å². The maximum atomic E-state index is 4.61. The first-order valence-electron chi connectivity index (χ1n) is 8.82. The molecule has 0 aromatic carbocycles. The maximum absolute atomic E-state index is 4.61. The highest BCUT2D eigenvalue weighted by atomic mass is 15.3. The van der Waals surface area contributed by atoms with Crippen LogP contribution in [0.4, 0.5) is 11.6 Å². The topological polar surface area (TPSA) is 58.0 Å². The van der Waals surface area contributed by atoms with Crippen molar-refractivity contribution in [3.8, 4) is 0 Å². The van der Waals surface area contributed by atoms with E-state index in [0.29, 0.717) is 12.1 Å². The summed E-state index contributed by atoms with van der Waals surface area (Å²) in [6.45, 7) is 6.08. The lowest BCUT2D eigenvalue weighted by molar-refractivity contribution is 0.457. The quantitative estimate of drug-likeness (QED) is 0.861. The van der Waals surface area contributed by atoms with E-state index >= 15 is 0 Å². The highest BCUT2D eigenvalue weighted by Crippen LogP contribution is 2.35. The Morgan fingerprint density at radius 3 is 2.42 bits per heavy atom. The van der Waals surface area contributed by atoms with E-state index < -0.39 is 0 Å². The lowest BCUT2D eigenvalue weighted by atomic mass is 10.0. The molecule has 0 radical (unpaired) electrons. The minimum absolute atomic E-state index is 0.563. The van der Waals surface area contributed by atoms with Crippen molar-refractivity contribution < 1.29 is 0 Å². The zero-order valence-corrected chi connectivity index (χ0v) is 14.4. The smallest absolute Gasteiger partial charge is 0.132 e. The zero-order valence-electron chi connectivity index (χ0n) is 14.4. The molecular weight excluding hydrogens is 300 g/mol. The van der Waals surface area contributed by atoms with Crippen LogP contribution in [0.25, 0.3) is 0 Å². The molecule has 0 atom stereocenters. The molecule has 6 nitrogen and oxygen atoms in total. The van der Waals surface area contributed by atoms with Crippen molar-refractivity contribution in [1.82, 2.24) is 19.9 Å². The van der Waals surface area contributed by atoms with Crippen molar-refractivity contribution in [3.63, 3.8) is 0 Å². The van der Waals surface area contributed by atoms with Gasteiger partial charge in [-0.3, -0.25) is 0 Å². The van der Waals surface area contributed by atoms with E-state index in [0.717, 1.165) is 49.1 Å². The Morgan fingerprint density at radius 2 is 1.79 bits per heavy atom. The van der Waals surface area contributed by atoms with Gasteiger partial charge in [0.1, 0.15) is 23.8 Å². The molecule has 1 aliphatic heterocycles. The second kappa shape index (κ2) is 6.34. The Balaban J connectivity index is 1.47. The summed E-state index contributed by atoms with van der Waals surface area (Å²) >= 11 is 0. The third-order valence-electron chi connectivity index (χ3n) is 4.91. The SMILES string of the molecule is Cc1cc(N2CCC(N(c3ccncn3)C3CC3)CC2)nc(C)n1. The molecule has 24 heavy (non-hydrogen) atoms. The van der Waals surface area contributed by atoms with Crippen molar-refractivity contribution in [2.75, 3.05) is 22.9 Å². The fourth-order valence-electron chi connectivity index (χ4n) is 3.69. The van der Waals surface area contributed by atoms with Crippen LogP contribution in [0.1, 0.15) is 37.2 Å². The number of hydrogen-bond acceptors (Lipinski definition) is 6. The molecule has 4 rings (SSSR count). The summed E-state index contributed by atoms with van der Waals surface area (Å²) in [7, 11) is 0. The summed E-state index contributed by atoms with van der Waals surface area (Å²) in [5.41, 5.74) is 1.04. The first kappa shape index (κ1) is 15.3. The molecule has 1 aliphatic carbocycles. The van der Waals surface area contributed by atoms with Gasteiger partial charge in [-0.05, 0) is 45.6 Å². The summed E-state index contributed by atoms with van der Waals surface area (Å²) in [5, 5.41) is 0. The average Bonchev–Trinajstić information content (AvgIpc) is 3.41. The molecule has 2 aliphatic rings. The van der Waals surface area contributed by atoms with E-state index in [-0.39, 0.29) is 0 Å². The number of aromatic nitrogens is 4. The van der Waals surface area contributed by atoms with Crippen molar-refractivity contribution in [3.05, 3.63) is 36.2 Å². The number of anilines is 2. The fraction of sp³-hybridized carbons (Fsp3) is 0.556. The van der Waals surface area contributed by atoms with Crippen LogP contribution in [-0.4, -0.2) is 45.1 Å². The summed E-state index contributed by atoms with van der Waals surface area (Å²) in [6.07, 6.45) is 8.36. The van der Waals surface area contributed by atoms with Gasteiger partial charge in [0, 0.05) is 43.1 Å². The van der Waals surface area contributed by atoms with Crippen LogP contribution < -0.4 is 9.80 Å². The van der Waals surface area contributed by atoms with Gasteiger partial charge in [-0.2, -0.15) is 0 Å². The van der Waals surface area contributed by atoms with Crippen LogP contribution in [0.3, 0.4) is 0 Å². The van der Waals surface area contributed by atoms with E-state index in [2.05, 4.69) is 35.8 Å². The second-order valence-electron chi connectivity index (χ2n) is 6.84. The molecule has 0 bridgehead atoms. The van der Waals surface area contributed by atoms with Crippen LogP contribution >= 0.6 is 0 Å². The molecule has 2 aromatic heterocycles. The lowest BCUT2D eigenvalue weighted by Crippen LogP contribution is -2.46. The lowest BCUT2D eigenvalue weighted by Gasteiger charge is -2.39. The number of nitrogens with zero attached hydrogens (tertiary/aromatic N) is 6. The standard InChI is InChI=1S/C18H24N6/c1-13-11-18(22-14(2)21-13)23-9-6-16(7-10-23)24(15-3-4-15)17-5-8-19-12-20-17/h5,8,11-12,15-16H,3-4,6-7,9-10H2,1-2H3.